The van der Waals surface area contributed by atoms with Crippen LogP contribution in [0.25, 0.3) is 10.9 Å². The minimum absolute atomic E-state index is 0.361. The first-order chi connectivity index (χ1) is 16.1. The van der Waals surface area contributed by atoms with E-state index in [0.717, 1.165) is 16.7 Å². The molecule has 0 N–H and O–H groups in total. The number of halogens is 1. The van der Waals surface area contributed by atoms with E-state index in [-0.39, 0.29) is 0 Å². The number of aryl methyl sites for hydroxylation is 1. The van der Waals surface area contributed by atoms with Gasteiger partial charge in [0.2, 0.25) is 5.89 Å². The molecule has 0 radical (unpaired) electrons. The molecule has 0 aliphatic carbocycles. The monoisotopic (exact) mass is 451 g/mol. The normalized spacial score (nSPS) is 11.6. The lowest BCUT2D eigenvalue weighted by Crippen LogP contribution is -2.34. The van der Waals surface area contributed by atoms with Crippen molar-refractivity contribution in [2.24, 2.45) is 0 Å². The molecule has 0 spiro atoms. The Morgan fingerprint density at radius 3 is 2.03 bits per heavy atom. The molecule has 0 aliphatic heterocycles. The average molecular weight is 452 g/mol. The second-order valence-electron chi connectivity index (χ2n) is 8.27. The van der Waals surface area contributed by atoms with Gasteiger partial charge in [-0.25, -0.2) is 9.78 Å². The standard InChI is InChI=1S/C29H22ClNO2/c1-20-12-14-21(15-13-20)19-29(22-8-4-2-5-9-22,23-10-6-3-7-11-23)28-31-26-17-16-24(30)18-25(26)27(32)33-28/h2-18H,19H2,1H3. The lowest BCUT2D eigenvalue weighted by molar-refractivity contribution is 0.374. The number of hydrogen-bond acceptors (Lipinski definition) is 3. The molecule has 0 unspecified atom stereocenters. The lowest BCUT2D eigenvalue weighted by atomic mass is 9.70. The van der Waals surface area contributed by atoms with Crippen LogP contribution in [0.5, 0.6) is 0 Å². The van der Waals surface area contributed by atoms with Gasteiger partial charge >= 0.3 is 5.63 Å². The minimum Gasteiger partial charge on any atom is -0.406 e. The molecule has 4 aromatic carbocycles. The van der Waals surface area contributed by atoms with E-state index in [0.29, 0.717) is 28.2 Å². The zero-order valence-electron chi connectivity index (χ0n) is 18.2. The summed E-state index contributed by atoms with van der Waals surface area (Å²) in [6.45, 7) is 2.07. The highest BCUT2D eigenvalue weighted by atomic mass is 35.5. The molecule has 0 aliphatic rings. The van der Waals surface area contributed by atoms with Crippen LogP contribution in [0.2, 0.25) is 5.02 Å². The highest BCUT2D eigenvalue weighted by molar-refractivity contribution is 6.31. The third-order valence-corrected chi connectivity index (χ3v) is 6.31. The van der Waals surface area contributed by atoms with Gasteiger partial charge in [0.1, 0.15) is 5.41 Å². The van der Waals surface area contributed by atoms with Gasteiger partial charge in [-0.3, -0.25) is 0 Å². The van der Waals surface area contributed by atoms with Crippen LogP contribution in [-0.4, -0.2) is 4.98 Å². The molecule has 1 heterocycles. The van der Waals surface area contributed by atoms with Gasteiger partial charge in [-0.05, 0) is 48.2 Å². The van der Waals surface area contributed by atoms with Crippen molar-refractivity contribution in [1.82, 2.24) is 4.98 Å². The van der Waals surface area contributed by atoms with E-state index in [2.05, 4.69) is 55.5 Å². The Bertz CT molecular complexity index is 1420. The van der Waals surface area contributed by atoms with Crippen LogP contribution >= 0.6 is 11.6 Å². The topological polar surface area (TPSA) is 43.1 Å². The first kappa shape index (κ1) is 21.2. The molecule has 33 heavy (non-hydrogen) atoms. The van der Waals surface area contributed by atoms with Gasteiger partial charge in [-0.15, -0.1) is 0 Å². The maximum Gasteiger partial charge on any atom is 0.346 e. The molecule has 0 atom stereocenters. The molecular weight excluding hydrogens is 430 g/mol. The Kier molecular flexibility index (Phi) is 5.57. The van der Waals surface area contributed by atoms with Crippen LogP contribution in [0.15, 0.2) is 112 Å². The second-order valence-corrected chi connectivity index (χ2v) is 8.70. The summed E-state index contributed by atoms with van der Waals surface area (Å²) in [5.41, 5.74) is 3.62. The highest BCUT2D eigenvalue weighted by Crippen LogP contribution is 2.41. The smallest absolute Gasteiger partial charge is 0.346 e. The number of nitrogens with zero attached hydrogens (tertiary/aromatic N) is 1. The van der Waals surface area contributed by atoms with Gasteiger partial charge in [0.05, 0.1) is 10.9 Å². The van der Waals surface area contributed by atoms with Crippen LogP contribution in [0, 0.1) is 6.92 Å². The van der Waals surface area contributed by atoms with E-state index < -0.39 is 11.0 Å². The maximum absolute atomic E-state index is 13.1. The summed E-state index contributed by atoms with van der Waals surface area (Å²) in [6.07, 6.45) is 0.580. The maximum atomic E-state index is 13.1. The van der Waals surface area contributed by atoms with Crippen molar-refractivity contribution in [2.75, 3.05) is 0 Å². The molecule has 0 amide bonds. The zero-order chi connectivity index (χ0) is 22.8. The van der Waals surface area contributed by atoms with Gasteiger partial charge in [0.15, 0.2) is 0 Å². The summed E-state index contributed by atoms with van der Waals surface area (Å²) in [5, 5.41) is 0.845. The fourth-order valence-electron chi connectivity index (χ4n) is 4.38. The number of hydrogen-bond donors (Lipinski definition) is 0. The van der Waals surface area contributed by atoms with Crippen molar-refractivity contribution in [3.05, 3.63) is 147 Å². The van der Waals surface area contributed by atoms with E-state index in [1.165, 1.54) is 5.56 Å². The summed E-state index contributed by atoms with van der Waals surface area (Å²) in [6, 6.07) is 33.8. The largest absolute Gasteiger partial charge is 0.406 e. The Morgan fingerprint density at radius 2 is 1.42 bits per heavy atom. The predicted octanol–water partition coefficient (Wildman–Crippen LogP) is 6.73. The molecule has 4 heteroatoms. The number of rotatable bonds is 5. The Morgan fingerprint density at radius 1 is 0.818 bits per heavy atom. The van der Waals surface area contributed by atoms with Crippen molar-refractivity contribution in [3.8, 4) is 0 Å². The predicted molar refractivity (Wildman–Crippen MR) is 133 cm³/mol. The van der Waals surface area contributed by atoms with Crippen molar-refractivity contribution >= 4 is 22.5 Å². The molecule has 3 nitrogen and oxygen atoms in total. The van der Waals surface area contributed by atoms with Crippen molar-refractivity contribution in [3.63, 3.8) is 0 Å². The fourth-order valence-corrected chi connectivity index (χ4v) is 4.55. The highest BCUT2D eigenvalue weighted by Gasteiger charge is 2.41. The third kappa shape index (κ3) is 3.96. The quantitative estimate of drug-likeness (QED) is 0.297. The van der Waals surface area contributed by atoms with Crippen LogP contribution < -0.4 is 5.63 Å². The number of fused-ring (bicyclic) bond motifs is 1. The first-order valence-corrected chi connectivity index (χ1v) is 11.2. The Labute approximate surface area is 197 Å². The SMILES string of the molecule is Cc1ccc(CC(c2ccccc2)(c2ccccc2)c2nc3ccc(Cl)cc3c(=O)o2)cc1. The number of aromatic nitrogens is 1. The molecule has 0 saturated heterocycles. The van der Waals surface area contributed by atoms with E-state index in [1.807, 2.05) is 36.4 Å². The fraction of sp³-hybridized carbons (Fsp3) is 0.103. The first-order valence-electron chi connectivity index (χ1n) is 10.8. The molecular formula is C29H22ClNO2. The van der Waals surface area contributed by atoms with E-state index in [9.17, 15) is 4.79 Å². The van der Waals surface area contributed by atoms with Gasteiger partial charge in [0, 0.05) is 5.02 Å². The van der Waals surface area contributed by atoms with Gasteiger partial charge in [-0.2, -0.15) is 0 Å². The molecule has 0 bridgehead atoms. The Balaban J connectivity index is 1.85. The van der Waals surface area contributed by atoms with Gasteiger partial charge in [0.25, 0.3) is 0 Å². The minimum atomic E-state index is -0.801. The van der Waals surface area contributed by atoms with E-state index in [4.69, 9.17) is 21.0 Å². The van der Waals surface area contributed by atoms with E-state index >= 15 is 0 Å². The molecule has 5 aromatic rings. The zero-order valence-corrected chi connectivity index (χ0v) is 18.9. The third-order valence-electron chi connectivity index (χ3n) is 6.08. The van der Waals surface area contributed by atoms with Crippen LogP contribution in [-0.2, 0) is 11.8 Å². The van der Waals surface area contributed by atoms with Gasteiger partial charge in [-0.1, -0.05) is 102 Å². The molecule has 0 fully saturated rings. The van der Waals surface area contributed by atoms with Crippen molar-refractivity contribution in [1.29, 1.82) is 0 Å². The average Bonchev–Trinajstić information content (AvgIpc) is 2.85. The second kappa shape index (κ2) is 8.68. The van der Waals surface area contributed by atoms with Crippen LogP contribution in [0.1, 0.15) is 28.1 Å². The summed E-state index contributed by atoms with van der Waals surface area (Å²) < 4.78 is 5.99. The summed E-state index contributed by atoms with van der Waals surface area (Å²) >= 11 is 6.12. The number of benzene rings is 4. The van der Waals surface area contributed by atoms with Crippen molar-refractivity contribution < 1.29 is 4.42 Å². The van der Waals surface area contributed by atoms with Crippen molar-refractivity contribution in [2.45, 2.75) is 18.8 Å². The summed E-state index contributed by atoms with van der Waals surface area (Å²) in [4.78, 5) is 18.0. The van der Waals surface area contributed by atoms with Crippen LogP contribution in [0.3, 0.4) is 0 Å². The summed E-state index contributed by atoms with van der Waals surface area (Å²) in [7, 11) is 0. The molecule has 162 valence electrons. The van der Waals surface area contributed by atoms with Gasteiger partial charge < -0.3 is 4.42 Å². The molecule has 1 aromatic heterocycles. The lowest BCUT2D eigenvalue weighted by Gasteiger charge is -2.33. The van der Waals surface area contributed by atoms with E-state index in [1.54, 1.807) is 18.2 Å². The Hall–Kier alpha value is -3.69. The summed E-state index contributed by atoms with van der Waals surface area (Å²) in [5.74, 6) is 0.361. The molecule has 5 rings (SSSR count). The molecule has 0 saturated carbocycles. The van der Waals surface area contributed by atoms with Crippen LogP contribution in [0.4, 0.5) is 0 Å².